The molecule has 1 N–H and O–H groups in total. The lowest BCUT2D eigenvalue weighted by Gasteiger charge is -2.20. The van der Waals surface area contributed by atoms with Gasteiger partial charge in [-0.05, 0) is 18.1 Å². The Hall–Kier alpha value is -1.27. The fraction of sp³-hybridized carbons (Fsp3) is 0.438. The van der Waals surface area contributed by atoms with Crippen LogP contribution in [0.5, 0.6) is 0 Å². The number of hydrogen-bond acceptors (Lipinski definition) is 5. The van der Waals surface area contributed by atoms with Crippen molar-refractivity contribution >= 4 is 11.3 Å². The average molecular weight is 306 g/mol. The molecule has 0 amide bonds. The second kappa shape index (κ2) is 8.24. The summed E-state index contributed by atoms with van der Waals surface area (Å²) in [5.41, 5.74) is 3.45. The smallest absolute Gasteiger partial charge is 0.114 e. The molecule has 1 unspecified atom stereocenters. The molecule has 4 nitrogen and oxygen atoms in total. The maximum atomic E-state index is 5.32. The molecule has 0 bridgehead atoms. The number of thiazole rings is 1. The molecule has 21 heavy (non-hydrogen) atoms. The van der Waals surface area contributed by atoms with Crippen LogP contribution in [0.1, 0.15) is 27.9 Å². The highest BCUT2D eigenvalue weighted by Crippen LogP contribution is 2.28. The quantitative estimate of drug-likeness (QED) is 0.762. The van der Waals surface area contributed by atoms with E-state index in [1.807, 2.05) is 13.0 Å². The molecule has 5 heteroatoms. The van der Waals surface area contributed by atoms with E-state index in [9.17, 15) is 0 Å². The normalized spacial score (nSPS) is 12.5. The van der Waals surface area contributed by atoms with Crippen molar-refractivity contribution < 1.29 is 9.47 Å². The molecule has 0 saturated heterocycles. The average Bonchev–Trinajstić information content (AvgIpc) is 2.91. The molecule has 1 aromatic carbocycles. The fourth-order valence-corrected chi connectivity index (χ4v) is 3.13. The van der Waals surface area contributed by atoms with Crippen molar-refractivity contribution in [3.63, 3.8) is 0 Å². The lowest BCUT2D eigenvalue weighted by Crippen LogP contribution is -2.27. The molecule has 114 valence electrons. The second-order valence-corrected chi connectivity index (χ2v) is 5.73. The predicted molar refractivity (Wildman–Crippen MR) is 85.7 cm³/mol. The summed E-state index contributed by atoms with van der Waals surface area (Å²) in [5.74, 6) is 0. The monoisotopic (exact) mass is 306 g/mol. The van der Waals surface area contributed by atoms with E-state index >= 15 is 0 Å². The van der Waals surface area contributed by atoms with E-state index in [0.717, 1.165) is 17.2 Å². The van der Waals surface area contributed by atoms with Crippen molar-refractivity contribution in [1.82, 2.24) is 10.3 Å². The highest BCUT2D eigenvalue weighted by Gasteiger charge is 2.19. The highest BCUT2D eigenvalue weighted by atomic mass is 32.1. The van der Waals surface area contributed by atoms with Gasteiger partial charge in [-0.1, -0.05) is 24.3 Å². The molecule has 0 saturated carbocycles. The van der Waals surface area contributed by atoms with Gasteiger partial charge in [0.1, 0.15) is 5.01 Å². The Balaban J connectivity index is 2.30. The van der Waals surface area contributed by atoms with Gasteiger partial charge < -0.3 is 14.8 Å². The van der Waals surface area contributed by atoms with E-state index in [4.69, 9.17) is 9.47 Å². The Morgan fingerprint density at radius 2 is 2.05 bits per heavy atom. The highest BCUT2D eigenvalue weighted by molar-refractivity contribution is 7.09. The summed E-state index contributed by atoms with van der Waals surface area (Å²) in [5, 5.41) is 6.69. The minimum absolute atomic E-state index is 0.0743. The maximum absolute atomic E-state index is 5.32. The third kappa shape index (κ3) is 4.35. The van der Waals surface area contributed by atoms with Crippen LogP contribution >= 0.6 is 11.3 Å². The van der Waals surface area contributed by atoms with Crippen LogP contribution in [-0.2, 0) is 16.1 Å². The van der Waals surface area contributed by atoms with Gasteiger partial charge in [0.15, 0.2) is 0 Å². The number of rotatable bonds is 8. The molecular weight excluding hydrogens is 284 g/mol. The Labute approximate surface area is 130 Å². The molecule has 1 heterocycles. The molecule has 0 aliphatic rings. The summed E-state index contributed by atoms with van der Waals surface area (Å²) in [4.78, 5) is 4.64. The van der Waals surface area contributed by atoms with Crippen LogP contribution in [0.4, 0.5) is 0 Å². The van der Waals surface area contributed by atoms with Crippen LogP contribution in [-0.4, -0.2) is 32.4 Å². The van der Waals surface area contributed by atoms with Gasteiger partial charge in [0, 0.05) is 31.8 Å². The molecule has 0 radical (unpaired) electrons. The lowest BCUT2D eigenvalue weighted by atomic mass is 10.0. The summed E-state index contributed by atoms with van der Waals surface area (Å²) in [6.07, 6.45) is 0. The number of nitrogens with zero attached hydrogens (tertiary/aromatic N) is 1. The standard InChI is InChI=1S/C16H22N2O2S/c1-12-11-21-16(18-12)15(17-8-9-19-2)14-7-5-4-6-13(14)10-20-3/h4-7,11,15,17H,8-10H2,1-3H3. The first-order valence-electron chi connectivity index (χ1n) is 6.97. The van der Waals surface area contributed by atoms with Gasteiger partial charge in [-0.15, -0.1) is 11.3 Å². The van der Waals surface area contributed by atoms with Crippen molar-refractivity contribution in [2.75, 3.05) is 27.4 Å². The van der Waals surface area contributed by atoms with E-state index in [1.165, 1.54) is 11.1 Å². The van der Waals surface area contributed by atoms with Gasteiger partial charge in [-0.2, -0.15) is 0 Å². The van der Waals surface area contributed by atoms with Crippen LogP contribution in [0.3, 0.4) is 0 Å². The van der Waals surface area contributed by atoms with Gasteiger partial charge >= 0.3 is 0 Å². The number of nitrogens with one attached hydrogen (secondary N) is 1. The number of benzene rings is 1. The molecule has 0 fully saturated rings. The SMILES string of the molecule is COCCNC(c1nc(C)cs1)c1ccccc1COC. The van der Waals surface area contributed by atoms with Crippen molar-refractivity contribution in [1.29, 1.82) is 0 Å². The minimum Gasteiger partial charge on any atom is -0.383 e. The zero-order valence-electron chi connectivity index (χ0n) is 12.8. The largest absolute Gasteiger partial charge is 0.383 e. The van der Waals surface area contributed by atoms with Crippen LogP contribution in [0.2, 0.25) is 0 Å². The molecule has 2 aromatic rings. The van der Waals surface area contributed by atoms with E-state index in [0.29, 0.717) is 13.2 Å². The molecular formula is C16H22N2O2S. The van der Waals surface area contributed by atoms with Crippen molar-refractivity contribution in [2.45, 2.75) is 19.6 Å². The maximum Gasteiger partial charge on any atom is 0.114 e. The van der Waals surface area contributed by atoms with E-state index in [-0.39, 0.29) is 6.04 Å². The Kier molecular flexibility index (Phi) is 6.32. The first-order valence-corrected chi connectivity index (χ1v) is 7.85. The van der Waals surface area contributed by atoms with Gasteiger partial charge in [0.2, 0.25) is 0 Å². The zero-order chi connectivity index (χ0) is 15.1. The topological polar surface area (TPSA) is 43.4 Å². The minimum atomic E-state index is 0.0743. The van der Waals surface area contributed by atoms with Gasteiger partial charge in [0.25, 0.3) is 0 Å². The lowest BCUT2D eigenvalue weighted by molar-refractivity contribution is 0.183. The van der Waals surface area contributed by atoms with E-state index < -0.39 is 0 Å². The van der Waals surface area contributed by atoms with Crippen molar-refractivity contribution in [2.24, 2.45) is 0 Å². The van der Waals surface area contributed by atoms with Gasteiger partial charge in [0.05, 0.1) is 19.3 Å². The van der Waals surface area contributed by atoms with Crippen molar-refractivity contribution in [3.8, 4) is 0 Å². The molecule has 0 aliphatic heterocycles. The molecule has 1 aromatic heterocycles. The first-order chi connectivity index (χ1) is 10.3. The zero-order valence-corrected chi connectivity index (χ0v) is 13.6. The van der Waals surface area contributed by atoms with Crippen LogP contribution in [0.15, 0.2) is 29.6 Å². The van der Waals surface area contributed by atoms with E-state index in [2.05, 4.69) is 33.9 Å². The predicted octanol–water partition coefficient (Wildman–Crippen LogP) is 2.92. The van der Waals surface area contributed by atoms with Gasteiger partial charge in [-0.3, -0.25) is 0 Å². The third-order valence-electron chi connectivity index (χ3n) is 3.20. The summed E-state index contributed by atoms with van der Waals surface area (Å²) in [7, 11) is 3.43. The number of aromatic nitrogens is 1. The number of hydrogen-bond donors (Lipinski definition) is 1. The van der Waals surface area contributed by atoms with Gasteiger partial charge in [-0.25, -0.2) is 4.98 Å². The van der Waals surface area contributed by atoms with Crippen LogP contribution < -0.4 is 5.32 Å². The third-order valence-corrected chi connectivity index (χ3v) is 4.23. The Morgan fingerprint density at radius 1 is 1.24 bits per heavy atom. The molecule has 0 aliphatic carbocycles. The van der Waals surface area contributed by atoms with Crippen LogP contribution in [0.25, 0.3) is 0 Å². The van der Waals surface area contributed by atoms with E-state index in [1.54, 1.807) is 25.6 Å². The Morgan fingerprint density at radius 3 is 2.71 bits per heavy atom. The summed E-state index contributed by atoms with van der Waals surface area (Å²) in [6, 6.07) is 8.40. The van der Waals surface area contributed by atoms with Crippen molar-refractivity contribution in [3.05, 3.63) is 51.5 Å². The van der Waals surface area contributed by atoms with Crippen LogP contribution in [0, 0.1) is 6.92 Å². The summed E-state index contributed by atoms with van der Waals surface area (Å²) < 4.78 is 10.5. The summed E-state index contributed by atoms with van der Waals surface area (Å²) in [6.45, 7) is 4.07. The second-order valence-electron chi connectivity index (χ2n) is 4.84. The first kappa shape index (κ1) is 16.1. The number of methoxy groups -OCH3 is 2. The molecule has 2 rings (SSSR count). The Bertz CT molecular complexity index is 557. The molecule has 1 atom stereocenters. The number of ether oxygens (including phenoxy) is 2. The fourth-order valence-electron chi connectivity index (χ4n) is 2.24. The summed E-state index contributed by atoms with van der Waals surface area (Å²) >= 11 is 1.68. The number of aryl methyl sites for hydroxylation is 1. The molecule has 0 spiro atoms.